The molecule has 1 rings (SSSR count). The van der Waals surface area contributed by atoms with Gasteiger partial charge in [-0.15, -0.1) is 0 Å². The van der Waals surface area contributed by atoms with Crippen molar-refractivity contribution in [2.45, 2.75) is 59.0 Å². The molecule has 2 nitrogen and oxygen atoms in total. The SMILES string of the molecule is CC(CO)C(C)NC1CCC(C)(C)C1. The number of aliphatic hydroxyl groups is 1. The Morgan fingerprint density at radius 2 is 2.07 bits per heavy atom. The maximum absolute atomic E-state index is 9.04. The van der Waals surface area contributed by atoms with Gasteiger partial charge in [0.05, 0.1) is 0 Å². The van der Waals surface area contributed by atoms with Crippen LogP contribution in [0.5, 0.6) is 0 Å². The Labute approximate surface area is 88.1 Å². The predicted octanol–water partition coefficient (Wildman–Crippen LogP) is 2.17. The van der Waals surface area contributed by atoms with E-state index < -0.39 is 0 Å². The molecule has 1 fully saturated rings. The van der Waals surface area contributed by atoms with E-state index in [1.54, 1.807) is 0 Å². The van der Waals surface area contributed by atoms with Crippen LogP contribution in [0.15, 0.2) is 0 Å². The number of aliphatic hydroxyl groups excluding tert-OH is 1. The van der Waals surface area contributed by atoms with Crippen molar-refractivity contribution in [1.82, 2.24) is 5.32 Å². The molecule has 0 aliphatic heterocycles. The Balaban J connectivity index is 2.32. The van der Waals surface area contributed by atoms with E-state index in [9.17, 15) is 0 Å². The van der Waals surface area contributed by atoms with Crippen molar-refractivity contribution >= 4 is 0 Å². The first-order chi connectivity index (χ1) is 6.44. The summed E-state index contributed by atoms with van der Waals surface area (Å²) in [6.07, 6.45) is 3.88. The van der Waals surface area contributed by atoms with Crippen LogP contribution in [0.4, 0.5) is 0 Å². The summed E-state index contributed by atoms with van der Waals surface area (Å²) in [6, 6.07) is 1.09. The highest BCUT2D eigenvalue weighted by molar-refractivity contribution is 4.88. The van der Waals surface area contributed by atoms with Gasteiger partial charge in [-0.25, -0.2) is 0 Å². The summed E-state index contributed by atoms with van der Waals surface area (Å²) in [5, 5.41) is 12.7. The van der Waals surface area contributed by atoms with E-state index in [4.69, 9.17) is 5.11 Å². The Bertz CT molecular complexity index is 179. The van der Waals surface area contributed by atoms with Crippen LogP contribution in [0.3, 0.4) is 0 Å². The van der Waals surface area contributed by atoms with Crippen molar-refractivity contribution in [2.75, 3.05) is 6.61 Å². The van der Waals surface area contributed by atoms with Gasteiger partial charge in [0.1, 0.15) is 0 Å². The molecule has 1 aliphatic rings. The second-order valence-electron chi connectivity index (χ2n) is 5.72. The normalized spacial score (nSPS) is 30.2. The molecule has 0 amide bonds. The molecule has 0 saturated heterocycles. The van der Waals surface area contributed by atoms with E-state index >= 15 is 0 Å². The molecule has 1 aliphatic carbocycles. The minimum atomic E-state index is 0.282. The van der Waals surface area contributed by atoms with Crippen LogP contribution in [-0.4, -0.2) is 23.8 Å². The molecule has 0 spiro atoms. The second-order valence-corrected chi connectivity index (χ2v) is 5.72. The van der Waals surface area contributed by atoms with Gasteiger partial charge in [0.25, 0.3) is 0 Å². The lowest BCUT2D eigenvalue weighted by Gasteiger charge is -2.25. The summed E-state index contributed by atoms with van der Waals surface area (Å²) >= 11 is 0. The fraction of sp³-hybridized carbons (Fsp3) is 1.00. The van der Waals surface area contributed by atoms with Gasteiger partial charge in [0, 0.05) is 18.7 Å². The van der Waals surface area contributed by atoms with Crippen molar-refractivity contribution in [3.05, 3.63) is 0 Å². The minimum absolute atomic E-state index is 0.282. The zero-order valence-electron chi connectivity index (χ0n) is 10.0. The molecule has 14 heavy (non-hydrogen) atoms. The van der Waals surface area contributed by atoms with Gasteiger partial charge in [-0.3, -0.25) is 0 Å². The van der Waals surface area contributed by atoms with E-state index in [0.29, 0.717) is 23.4 Å². The molecule has 0 aromatic rings. The fourth-order valence-electron chi connectivity index (χ4n) is 2.27. The molecule has 1 saturated carbocycles. The molecule has 3 unspecified atom stereocenters. The van der Waals surface area contributed by atoms with Crippen molar-refractivity contribution in [1.29, 1.82) is 0 Å². The van der Waals surface area contributed by atoms with E-state index in [1.807, 2.05) is 0 Å². The third kappa shape index (κ3) is 3.25. The molecule has 84 valence electrons. The van der Waals surface area contributed by atoms with Crippen LogP contribution in [-0.2, 0) is 0 Å². The average Bonchev–Trinajstić information content (AvgIpc) is 2.44. The minimum Gasteiger partial charge on any atom is -0.396 e. The molecule has 3 atom stereocenters. The first kappa shape index (κ1) is 12.0. The third-order valence-corrected chi connectivity index (χ3v) is 3.61. The summed E-state index contributed by atoms with van der Waals surface area (Å²) in [7, 11) is 0. The zero-order chi connectivity index (χ0) is 10.8. The highest BCUT2D eigenvalue weighted by Crippen LogP contribution is 2.37. The quantitative estimate of drug-likeness (QED) is 0.727. The van der Waals surface area contributed by atoms with Crippen LogP contribution in [0.25, 0.3) is 0 Å². The lowest BCUT2D eigenvalue weighted by molar-refractivity contribution is 0.199. The predicted molar refractivity (Wildman–Crippen MR) is 60.3 cm³/mol. The highest BCUT2D eigenvalue weighted by atomic mass is 16.3. The first-order valence-electron chi connectivity index (χ1n) is 5.81. The largest absolute Gasteiger partial charge is 0.396 e. The average molecular weight is 199 g/mol. The summed E-state index contributed by atoms with van der Waals surface area (Å²) in [6.45, 7) is 9.23. The van der Waals surface area contributed by atoms with Gasteiger partial charge in [0.2, 0.25) is 0 Å². The van der Waals surface area contributed by atoms with Crippen LogP contribution in [0.2, 0.25) is 0 Å². The summed E-state index contributed by atoms with van der Waals surface area (Å²) < 4.78 is 0. The number of nitrogens with one attached hydrogen (secondary N) is 1. The Hall–Kier alpha value is -0.0800. The van der Waals surface area contributed by atoms with Gasteiger partial charge < -0.3 is 10.4 Å². The number of rotatable bonds is 4. The first-order valence-corrected chi connectivity index (χ1v) is 5.81. The number of hydrogen-bond donors (Lipinski definition) is 2. The van der Waals surface area contributed by atoms with Gasteiger partial charge >= 0.3 is 0 Å². The summed E-state index contributed by atoms with van der Waals surface area (Å²) in [4.78, 5) is 0. The van der Waals surface area contributed by atoms with Gasteiger partial charge in [0.15, 0.2) is 0 Å². The zero-order valence-corrected chi connectivity index (χ0v) is 10.0. The van der Waals surface area contributed by atoms with Gasteiger partial charge in [-0.05, 0) is 37.5 Å². The number of hydrogen-bond acceptors (Lipinski definition) is 2. The van der Waals surface area contributed by atoms with Crippen molar-refractivity contribution < 1.29 is 5.11 Å². The molecule has 0 bridgehead atoms. The van der Waals surface area contributed by atoms with E-state index in [-0.39, 0.29) is 6.61 Å². The van der Waals surface area contributed by atoms with E-state index in [2.05, 4.69) is 33.0 Å². The Morgan fingerprint density at radius 3 is 2.50 bits per heavy atom. The Kier molecular flexibility index (Phi) is 3.96. The van der Waals surface area contributed by atoms with Gasteiger partial charge in [-0.2, -0.15) is 0 Å². The van der Waals surface area contributed by atoms with Crippen LogP contribution in [0.1, 0.15) is 47.0 Å². The standard InChI is InChI=1S/C12H25NO/c1-9(8-14)10(2)13-11-5-6-12(3,4)7-11/h9-11,13-14H,5-8H2,1-4H3. The molecular weight excluding hydrogens is 174 g/mol. The molecule has 0 radical (unpaired) electrons. The molecule has 0 aromatic carbocycles. The van der Waals surface area contributed by atoms with E-state index in [1.165, 1.54) is 19.3 Å². The lowest BCUT2D eigenvalue weighted by atomic mass is 9.91. The molecule has 0 aromatic heterocycles. The van der Waals surface area contributed by atoms with Crippen LogP contribution in [0, 0.1) is 11.3 Å². The fourth-order valence-corrected chi connectivity index (χ4v) is 2.27. The Morgan fingerprint density at radius 1 is 1.43 bits per heavy atom. The van der Waals surface area contributed by atoms with Crippen LogP contribution >= 0.6 is 0 Å². The van der Waals surface area contributed by atoms with Gasteiger partial charge in [-0.1, -0.05) is 20.8 Å². The summed E-state index contributed by atoms with van der Waals surface area (Å²) in [5.74, 6) is 0.360. The van der Waals surface area contributed by atoms with Crippen molar-refractivity contribution in [3.8, 4) is 0 Å². The summed E-state index contributed by atoms with van der Waals surface area (Å²) in [5.41, 5.74) is 0.514. The maximum atomic E-state index is 9.04. The smallest absolute Gasteiger partial charge is 0.0471 e. The maximum Gasteiger partial charge on any atom is 0.0471 e. The third-order valence-electron chi connectivity index (χ3n) is 3.61. The molecule has 2 N–H and O–H groups in total. The van der Waals surface area contributed by atoms with Crippen molar-refractivity contribution in [3.63, 3.8) is 0 Å². The van der Waals surface area contributed by atoms with E-state index in [0.717, 1.165) is 0 Å². The highest BCUT2D eigenvalue weighted by Gasteiger charge is 2.31. The second kappa shape index (κ2) is 4.63. The van der Waals surface area contributed by atoms with Crippen molar-refractivity contribution in [2.24, 2.45) is 11.3 Å². The lowest BCUT2D eigenvalue weighted by Crippen LogP contribution is -2.40. The molecular formula is C12H25NO. The topological polar surface area (TPSA) is 32.3 Å². The molecule has 2 heteroatoms. The van der Waals surface area contributed by atoms with Crippen LogP contribution < -0.4 is 5.32 Å². The molecule has 0 heterocycles. The monoisotopic (exact) mass is 199 g/mol.